The SMILES string of the molecule is Cc1ccc(C)c(N(Cc2ccc(C(=O)NCC3=CCCCC3)cc2)S(C)(=O)=O)c1. The van der Waals surface area contributed by atoms with E-state index in [1.807, 2.05) is 44.2 Å². The summed E-state index contributed by atoms with van der Waals surface area (Å²) in [7, 11) is -3.46. The van der Waals surface area contributed by atoms with Crippen LogP contribution < -0.4 is 9.62 Å². The topological polar surface area (TPSA) is 66.5 Å². The van der Waals surface area contributed by atoms with Crippen LogP contribution in [0.3, 0.4) is 0 Å². The predicted molar refractivity (Wildman–Crippen MR) is 122 cm³/mol. The molecule has 1 amide bonds. The Morgan fingerprint density at radius 1 is 1.07 bits per heavy atom. The highest BCUT2D eigenvalue weighted by atomic mass is 32.2. The van der Waals surface area contributed by atoms with E-state index in [2.05, 4.69) is 11.4 Å². The van der Waals surface area contributed by atoms with Crippen LogP contribution in [0.25, 0.3) is 0 Å². The summed E-state index contributed by atoms with van der Waals surface area (Å²) < 4.78 is 26.4. The van der Waals surface area contributed by atoms with Crippen LogP contribution in [0.15, 0.2) is 54.1 Å². The third kappa shape index (κ3) is 5.72. The highest BCUT2D eigenvalue weighted by Crippen LogP contribution is 2.26. The minimum atomic E-state index is -3.46. The van der Waals surface area contributed by atoms with Crippen LogP contribution in [-0.2, 0) is 16.6 Å². The van der Waals surface area contributed by atoms with Crippen molar-refractivity contribution in [2.75, 3.05) is 17.1 Å². The first kappa shape index (κ1) is 22.1. The van der Waals surface area contributed by atoms with Gasteiger partial charge in [0.25, 0.3) is 5.91 Å². The molecular formula is C24H30N2O3S. The molecule has 6 heteroatoms. The lowest BCUT2D eigenvalue weighted by atomic mass is 9.99. The first-order valence-corrected chi connectivity index (χ1v) is 12.2. The van der Waals surface area contributed by atoms with Crippen molar-refractivity contribution in [1.82, 2.24) is 5.32 Å². The maximum Gasteiger partial charge on any atom is 0.251 e. The third-order valence-electron chi connectivity index (χ3n) is 5.44. The second-order valence-corrected chi connectivity index (χ2v) is 9.95. The van der Waals surface area contributed by atoms with Gasteiger partial charge in [-0.25, -0.2) is 8.42 Å². The summed E-state index contributed by atoms with van der Waals surface area (Å²) in [6, 6.07) is 12.9. The summed E-state index contributed by atoms with van der Waals surface area (Å²) in [4.78, 5) is 12.4. The van der Waals surface area contributed by atoms with Crippen molar-refractivity contribution in [1.29, 1.82) is 0 Å². The first-order valence-electron chi connectivity index (χ1n) is 10.3. The van der Waals surface area contributed by atoms with Crippen molar-refractivity contribution >= 4 is 21.6 Å². The van der Waals surface area contributed by atoms with Gasteiger partial charge in [0, 0.05) is 12.1 Å². The number of carbonyl (C=O) groups is 1. The Morgan fingerprint density at radius 2 is 1.80 bits per heavy atom. The Morgan fingerprint density at radius 3 is 2.43 bits per heavy atom. The number of aryl methyl sites for hydroxylation is 2. The molecule has 0 unspecified atom stereocenters. The number of rotatable bonds is 7. The maximum absolute atomic E-state index is 12.5. The van der Waals surface area contributed by atoms with Crippen molar-refractivity contribution in [3.05, 3.63) is 76.4 Å². The van der Waals surface area contributed by atoms with Gasteiger partial charge in [-0.05, 0) is 74.4 Å². The van der Waals surface area contributed by atoms with Gasteiger partial charge in [0.2, 0.25) is 10.0 Å². The second-order valence-electron chi connectivity index (χ2n) is 8.05. The van der Waals surface area contributed by atoms with Crippen molar-refractivity contribution in [3.8, 4) is 0 Å². The summed E-state index contributed by atoms with van der Waals surface area (Å²) in [6.45, 7) is 4.66. The van der Waals surface area contributed by atoms with Crippen molar-refractivity contribution < 1.29 is 13.2 Å². The third-order valence-corrected chi connectivity index (χ3v) is 6.56. The van der Waals surface area contributed by atoms with E-state index in [0.29, 0.717) is 17.8 Å². The predicted octanol–water partition coefficient (Wildman–Crippen LogP) is 4.50. The molecular weight excluding hydrogens is 396 g/mol. The molecule has 0 heterocycles. The molecule has 0 radical (unpaired) electrons. The molecule has 5 nitrogen and oxygen atoms in total. The van der Waals surface area contributed by atoms with Crippen molar-refractivity contribution in [2.24, 2.45) is 0 Å². The first-order chi connectivity index (χ1) is 14.2. The lowest BCUT2D eigenvalue weighted by Gasteiger charge is -2.25. The molecule has 2 aromatic rings. The molecule has 0 saturated carbocycles. The molecule has 30 heavy (non-hydrogen) atoms. The molecule has 0 aromatic heterocycles. The van der Waals surface area contributed by atoms with Crippen molar-refractivity contribution in [3.63, 3.8) is 0 Å². The zero-order valence-corrected chi connectivity index (χ0v) is 18.8. The second kappa shape index (κ2) is 9.47. The Kier molecular flexibility index (Phi) is 6.98. The number of benzene rings is 2. The molecule has 0 spiro atoms. The van der Waals surface area contributed by atoms with Crippen LogP contribution in [0.4, 0.5) is 5.69 Å². The van der Waals surface area contributed by atoms with Crippen LogP contribution >= 0.6 is 0 Å². The summed E-state index contributed by atoms with van der Waals surface area (Å²) in [6.07, 6.45) is 8.01. The number of allylic oxidation sites excluding steroid dienone is 1. The van der Waals surface area contributed by atoms with Gasteiger partial charge in [0.15, 0.2) is 0 Å². The lowest BCUT2D eigenvalue weighted by Crippen LogP contribution is -2.30. The highest BCUT2D eigenvalue weighted by Gasteiger charge is 2.20. The molecule has 0 fully saturated rings. The standard InChI is InChI=1S/C24H30N2O3S/c1-18-9-10-19(2)23(15-18)26(30(3,28)29)17-21-11-13-22(14-12-21)24(27)25-16-20-7-5-4-6-8-20/h7,9-15H,4-6,8,16-17H2,1-3H3,(H,25,27). The van der Waals surface area contributed by atoms with Crippen LogP contribution in [0.2, 0.25) is 0 Å². The van der Waals surface area contributed by atoms with E-state index in [4.69, 9.17) is 0 Å². The van der Waals surface area contributed by atoms with Crippen LogP contribution in [0.1, 0.15) is 52.7 Å². The highest BCUT2D eigenvalue weighted by molar-refractivity contribution is 7.92. The quantitative estimate of drug-likeness (QED) is 0.663. The Hall–Kier alpha value is -2.60. The van der Waals surface area contributed by atoms with Gasteiger partial charge in [-0.15, -0.1) is 0 Å². The molecule has 0 saturated heterocycles. The van der Waals surface area contributed by atoms with Gasteiger partial charge in [-0.3, -0.25) is 9.10 Å². The van der Waals surface area contributed by atoms with E-state index in [0.717, 1.165) is 29.5 Å². The fourth-order valence-electron chi connectivity index (χ4n) is 3.66. The minimum Gasteiger partial charge on any atom is -0.348 e. The van der Waals surface area contributed by atoms with Gasteiger partial charge in [0.1, 0.15) is 0 Å². The van der Waals surface area contributed by atoms with E-state index in [-0.39, 0.29) is 12.5 Å². The number of carbonyl (C=O) groups excluding carboxylic acids is 1. The molecule has 1 N–H and O–H groups in total. The molecule has 3 rings (SSSR count). The molecule has 160 valence electrons. The van der Waals surface area contributed by atoms with E-state index >= 15 is 0 Å². The summed E-state index contributed by atoms with van der Waals surface area (Å²) >= 11 is 0. The maximum atomic E-state index is 12.5. The van der Waals surface area contributed by atoms with E-state index in [1.165, 1.54) is 29.0 Å². The zero-order chi connectivity index (χ0) is 21.7. The molecule has 0 bridgehead atoms. The van der Waals surface area contributed by atoms with Gasteiger partial charge in [-0.1, -0.05) is 35.9 Å². The van der Waals surface area contributed by atoms with Crippen LogP contribution in [0, 0.1) is 13.8 Å². The zero-order valence-electron chi connectivity index (χ0n) is 17.9. The Labute approximate surface area is 179 Å². The monoisotopic (exact) mass is 426 g/mol. The molecule has 2 aromatic carbocycles. The number of sulfonamides is 1. The van der Waals surface area contributed by atoms with E-state index < -0.39 is 10.0 Å². The van der Waals surface area contributed by atoms with Gasteiger partial charge >= 0.3 is 0 Å². The van der Waals surface area contributed by atoms with Gasteiger partial charge in [0.05, 0.1) is 18.5 Å². The molecule has 0 atom stereocenters. The molecule has 1 aliphatic rings. The summed E-state index contributed by atoms with van der Waals surface area (Å²) in [5.74, 6) is -0.109. The molecule has 0 aliphatic heterocycles. The average molecular weight is 427 g/mol. The van der Waals surface area contributed by atoms with Crippen LogP contribution in [-0.4, -0.2) is 27.1 Å². The summed E-state index contributed by atoms with van der Waals surface area (Å²) in [5, 5.41) is 2.98. The van der Waals surface area contributed by atoms with Gasteiger partial charge < -0.3 is 5.32 Å². The fourth-order valence-corrected chi connectivity index (χ4v) is 4.60. The number of anilines is 1. The summed E-state index contributed by atoms with van der Waals surface area (Å²) in [5.41, 5.74) is 5.28. The number of amides is 1. The lowest BCUT2D eigenvalue weighted by molar-refractivity contribution is 0.0956. The smallest absolute Gasteiger partial charge is 0.251 e. The number of nitrogens with one attached hydrogen (secondary N) is 1. The van der Waals surface area contributed by atoms with E-state index in [9.17, 15) is 13.2 Å². The fraction of sp³-hybridized carbons (Fsp3) is 0.375. The normalized spacial score (nSPS) is 14.2. The number of hydrogen-bond donors (Lipinski definition) is 1. The van der Waals surface area contributed by atoms with Gasteiger partial charge in [-0.2, -0.15) is 0 Å². The van der Waals surface area contributed by atoms with Crippen molar-refractivity contribution in [2.45, 2.75) is 46.1 Å². The Balaban J connectivity index is 1.72. The molecule has 1 aliphatic carbocycles. The largest absolute Gasteiger partial charge is 0.348 e. The average Bonchev–Trinajstić information content (AvgIpc) is 2.72. The van der Waals surface area contributed by atoms with Crippen LogP contribution in [0.5, 0.6) is 0 Å². The number of hydrogen-bond acceptors (Lipinski definition) is 3. The number of nitrogens with zero attached hydrogens (tertiary/aromatic N) is 1. The minimum absolute atomic E-state index is 0.109. The van der Waals surface area contributed by atoms with E-state index in [1.54, 1.807) is 12.1 Å². The Bertz CT molecular complexity index is 1040.